The van der Waals surface area contributed by atoms with E-state index in [9.17, 15) is 26.3 Å². The van der Waals surface area contributed by atoms with Gasteiger partial charge in [-0.2, -0.15) is 26.3 Å². The third kappa shape index (κ3) is 7.65. The summed E-state index contributed by atoms with van der Waals surface area (Å²) in [5.74, 6) is 0. The van der Waals surface area contributed by atoms with Crippen LogP contribution in [0.15, 0.2) is 270 Å². The van der Waals surface area contributed by atoms with Crippen molar-refractivity contribution in [1.82, 2.24) is 0 Å². The molecule has 5 nitrogen and oxygen atoms in total. The minimum atomic E-state index is -4.69. The molecule has 0 bridgehead atoms. The third-order valence-corrected chi connectivity index (χ3v) is 18.4. The minimum absolute atomic E-state index is 0.243. The van der Waals surface area contributed by atoms with Crippen molar-refractivity contribution in [3.63, 3.8) is 0 Å². The Morgan fingerprint density at radius 3 is 1.10 bits per heavy atom. The molecule has 1 aliphatic carbocycles. The van der Waals surface area contributed by atoms with Gasteiger partial charge in [0.2, 0.25) is 0 Å². The molecule has 0 saturated carbocycles. The van der Waals surface area contributed by atoms with Crippen molar-refractivity contribution in [1.29, 1.82) is 0 Å². The van der Waals surface area contributed by atoms with Crippen LogP contribution in [0.3, 0.4) is 0 Å². The maximum Gasteiger partial charge on any atom is 0.420 e. The summed E-state index contributed by atoms with van der Waals surface area (Å²) in [6.07, 6.45) is -9.37. The summed E-state index contributed by atoms with van der Waals surface area (Å²) >= 11 is 0. The zero-order valence-corrected chi connectivity index (χ0v) is 48.3. The van der Waals surface area contributed by atoms with Gasteiger partial charge < -0.3 is 23.5 Å². The summed E-state index contributed by atoms with van der Waals surface area (Å²) in [6.45, 7) is 4.04. The second kappa shape index (κ2) is 19.5. The normalized spacial score (nSPS) is 13.4. The average Bonchev–Trinajstić information content (AvgIpc) is 1.45. The fourth-order valence-corrected chi connectivity index (χ4v) is 14.7. The Labute approximate surface area is 512 Å². The number of benzene rings is 13. The number of para-hydroxylation sites is 7. The number of anilines is 9. The molecular formula is C79H49F6N3O2. The highest BCUT2D eigenvalue weighted by atomic mass is 19.4. The Morgan fingerprint density at radius 1 is 0.322 bits per heavy atom. The molecule has 0 N–H and O–H groups in total. The highest BCUT2D eigenvalue weighted by molar-refractivity contribution is 6.21. The zero-order valence-electron chi connectivity index (χ0n) is 48.3. The Bertz CT molecular complexity index is 5130. The lowest BCUT2D eigenvalue weighted by Gasteiger charge is -2.45. The van der Waals surface area contributed by atoms with Crippen LogP contribution < -0.4 is 14.7 Å². The Morgan fingerprint density at radius 2 is 0.678 bits per heavy atom. The lowest BCUT2D eigenvalue weighted by Crippen LogP contribution is -2.36. The van der Waals surface area contributed by atoms with Crippen molar-refractivity contribution in [2.75, 3.05) is 14.7 Å². The van der Waals surface area contributed by atoms with E-state index < -0.39 is 28.9 Å². The van der Waals surface area contributed by atoms with Crippen molar-refractivity contribution in [3.05, 3.63) is 305 Å². The molecular weight excluding hydrogens is 1140 g/mol. The van der Waals surface area contributed by atoms with Crippen molar-refractivity contribution in [3.8, 4) is 11.1 Å². The van der Waals surface area contributed by atoms with E-state index in [1.165, 1.54) is 12.1 Å². The molecule has 11 heteroatoms. The summed E-state index contributed by atoms with van der Waals surface area (Å²) in [6, 6.07) is 84.6. The Kier molecular flexibility index (Phi) is 11.5. The highest BCUT2D eigenvalue weighted by Gasteiger charge is 2.54. The first-order valence-corrected chi connectivity index (χ1v) is 29.7. The SMILES string of the molecule is Cc1ccc(N(c2cc3c(c4ccccc24)-c2c(cc(N(c4ccc(C)cc4)c4cccc5c4oc4c(C(F)(F)F)cccc45)c4ccccc24)C32c3ccccc3N(c3ccccc3)c3ccccc32)c2cccc3c2oc2c(C(F)(F)F)cccc23)cc1. The van der Waals surface area contributed by atoms with Gasteiger partial charge in [0.25, 0.3) is 0 Å². The number of hydrogen-bond acceptors (Lipinski definition) is 5. The monoisotopic (exact) mass is 1190 g/mol. The van der Waals surface area contributed by atoms with Gasteiger partial charge in [0.1, 0.15) is 11.2 Å². The first-order valence-electron chi connectivity index (χ1n) is 29.7. The van der Waals surface area contributed by atoms with Gasteiger partial charge in [-0.3, -0.25) is 0 Å². The van der Waals surface area contributed by atoms with E-state index in [1.807, 2.05) is 129 Å². The minimum Gasteiger partial charge on any atom is -0.453 e. The number of hydrogen-bond donors (Lipinski definition) is 0. The molecule has 2 aromatic heterocycles. The van der Waals surface area contributed by atoms with Crippen molar-refractivity contribution in [2.45, 2.75) is 31.6 Å². The van der Waals surface area contributed by atoms with Gasteiger partial charge in [-0.15, -0.1) is 0 Å². The fraction of sp³-hybridized carbons (Fsp3) is 0.0633. The third-order valence-electron chi connectivity index (χ3n) is 18.4. The Hall–Kier alpha value is -11.0. The maximum atomic E-state index is 15.0. The quantitative estimate of drug-likeness (QED) is 0.149. The molecule has 1 aliphatic heterocycles. The highest BCUT2D eigenvalue weighted by Crippen LogP contribution is 2.68. The van der Waals surface area contributed by atoms with Crippen molar-refractivity contribution < 1.29 is 35.2 Å². The largest absolute Gasteiger partial charge is 0.453 e. The van der Waals surface area contributed by atoms with Gasteiger partial charge >= 0.3 is 12.4 Å². The van der Waals surface area contributed by atoms with Gasteiger partial charge in [0.15, 0.2) is 11.2 Å². The van der Waals surface area contributed by atoms with Crippen LogP contribution in [0.5, 0.6) is 0 Å². The summed E-state index contributed by atoms with van der Waals surface area (Å²) in [5, 5.41) is 5.37. The van der Waals surface area contributed by atoms with Crippen molar-refractivity contribution >= 4 is 117 Å². The van der Waals surface area contributed by atoms with Crippen LogP contribution in [-0.4, -0.2) is 0 Å². The maximum absolute atomic E-state index is 15.0. The van der Waals surface area contributed by atoms with Crippen LogP contribution in [0.25, 0.3) is 76.5 Å². The molecule has 17 rings (SSSR count). The van der Waals surface area contributed by atoms with Gasteiger partial charge in [0.05, 0.1) is 50.7 Å². The van der Waals surface area contributed by atoms with E-state index in [0.29, 0.717) is 44.1 Å². The van der Waals surface area contributed by atoms with Crippen LogP contribution in [0, 0.1) is 13.8 Å². The van der Waals surface area contributed by atoms with E-state index in [2.05, 4.69) is 124 Å². The molecule has 434 valence electrons. The zero-order chi connectivity index (χ0) is 60.9. The molecule has 2 aliphatic rings. The second-order valence-corrected chi connectivity index (χ2v) is 23.4. The van der Waals surface area contributed by atoms with E-state index in [-0.39, 0.29) is 11.2 Å². The van der Waals surface area contributed by atoms with Gasteiger partial charge in [-0.25, -0.2) is 0 Å². The van der Waals surface area contributed by atoms with Gasteiger partial charge in [-0.05, 0) is 143 Å². The number of halogens is 6. The topological polar surface area (TPSA) is 36.0 Å². The molecule has 0 amide bonds. The van der Waals surface area contributed by atoms with Crippen LogP contribution >= 0.6 is 0 Å². The standard InChI is InChI=1S/C79H49F6N3O2/c1-46-36-40-49(41-37-46)87(67-34-16-26-57-55-24-14-30-61(78(80,81)82)73(55)89-75(57)67)69-44-63-71(53-22-8-6-20-51(53)69)72-54-23-9-7-21-52(54)70(45-64(72)77(63)59-28-10-12-32-65(59)86(48-18-4-3-5-19-48)66-33-13-11-29-60(66)77)88(50-42-38-47(2)39-43-50)68-35-17-27-58-56-25-15-31-62(79(83,84)85)74(56)90-76(58)68/h3-45H,1-2H3. The van der Waals surface area contributed by atoms with E-state index in [1.54, 1.807) is 12.1 Å². The predicted octanol–water partition coefficient (Wildman–Crippen LogP) is 23.5. The number of fused-ring (bicyclic) bond motifs is 19. The second-order valence-electron chi connectivity index (χ2n) is 23.4. The first kappa shape index (κ1) is 53.2. The molecule has 0 atom stereocenters. The van der Waals surface area contributed by atoms with E-state index in [0.717, 1.165) is 118 Å². The summed E-state index contributed by atoms with van der Waals surface area (Å²) < 4.78 is 103. The summed E-state index contributed by atoms with van der Waals surface area (Å²) in [7, 11) is 0. The van der Waals surface area contributed by atoms with Crippen LogP contribution in [0.4, 0.5) is 77.5 Å². The smallest absolute Gasteiger partial charge is 0.420 e. The molecule has 15 aromatic rings. The Balaban J connectivity index is 1.03. The van der Waals surface area contributed by atoms with Crippen LogP contribution in [-0.2, 0) is 17.8 Å². The number of nitrogens with zero attached hydrogens (tertiary/aromatic N) is 3. The molecule has 1 spiro atoms. The number of aryl methyl sites for hydroxylation is 2. The van der Waals surface area contributed by atoms with E-state index in [4.69, 9.17) is 8.83 Å². The lowest BCUT2D eigenvalue weighted by molar-refractivity contribution is -0.137. The van der Waals surface area contributed by atoms with Crippen molar-refractivity contribution in [2.24, 2.45) is 0 Å². The van der Waals surface area contributed by atoms with Crippen LogP contribution in [0.2, 0.25) is 0 Å². The summed E-state index contributed by atoms with van der Waals surface area (Å²) in [4.78, 5) is 6.59. The van der Waals surface area contributed by atoms with Gasteiger partial charge in [-0.1, -0.05) is 187 Å². The number of furan rings is 2. The summed E-state index contributed by atoms with van der Waals surface area (Å²) in [5.41, 5.74) is 12.1. The average molecular weight is 1190 g/mol. The molecule has 0 unspecified atom stereocenters. The molecule has 3 heterocycles. The molecule has 0 saturated heterocycles. The number of alkyl halides is 6. The molecule has 0 fully saturated rings. The lowest BCUT2D eigenvalue weighted by atomic mass is 9.64. The first-order chi connectivity index (χ1) is 43.8. The number of rotatable bonds is 7. The predicted molar refractivity (Wildman–Crippen MR) is 350 cm³/mol. The van der Waals surface area contributed by atoms with Gasteiger partial charge in [0, 0.05) is 49.4 Å². The van der Waals surface area contributed by atoms with Crippen LogP contribution in [0.1, 0.15) is 44.5 Å². The molecule has 13 aromatic carbocycles. The molecule has 90 heavy (non-hydrogen) atoms. The van der Waals surface area contributed by atoms with E-state index >= 15 is 0 Å². The fourth-order valence-electron chi connectivity index (χ4n) is 14.7. The molecule has 0 radical (unpaired) electrons.